The Hall–Kier alpha value is -1.71. The van der Waals surface area contributed by atoms with E-state index >= 15 is 0 Å². The third-order valence-electron chi connectivity index (χ3n) is 3.84. The van der Waals surface area contributed by atoms with E-state index in [4.69, 9.17) is 5.11 Å². The highest BCUT2D eigenvalue weighted by Crippen LogP contribution is 2.27. The molecule has 1 N–H and O–H groups in total. The molecular weight excluding hydrogens is 247 g/mol. The summed E-state index contributed by atoms with van der Waals surface area (Å²) < 4.78 is 14.0. The van der Waals surface area contributed by atoms with Gasteiger partial charge in [0, 0.05) is 12.3 Å². The second-order valence-corrected chi connectivity index (χ2v) is 5.17. The summed E-state index contributed by atoms with van der Waals surface area (Å²) in [6.07, 6.45) is 2.73. The van der Waals surface area contributed by atoms with E-state index < -0.39 is 17.7 Å². The fourth-order valence-corrected chi connectivity index (χ4v) is 2.51. The Labute approximate surface area is 111 Å². The van der Waals surface area contributed by atoms with Crippen molar-refractivity contribution in [3.63, 3.8) is 0 Å². The quantitative estimate of drug-likeness (QED) is 0.909. The van der Waals surface area contributed by atoms with Crippen molar-refractivity contribution in [2.75, 3.05) is 0 Å². The second kappa shape index (κ2) is 5.51. The van der Waals surface area contributed by atoms with Gasteiger partial charge in [0.05, 0.1) is 5.92 Å². The van der Waals surface area contributed by atoms with Crippen LogP contribution in [0.15, 0.2) is 18.2 Å². The molecule has 0 radical (unpaired) electrons. The lowest BCUT2D eigenvalue weighted by Crippen LogP contribution is -2.12. The van der Waals surface area contributed by atoms with E-state index in [-0.39, 0.29) is 11.7 Å². The summed E-state index contributed by atoms with van der Waals surface area (Å²) in [6, 6.07) is 4.51. The van der Waals surface area contributed by atoms with E-state index in [1.807, 2.05) is 0 Å². The first-order valence-electron chi connectivity index (χ1n) is 6.53. The van der Waals surface area contributed by atoms with Gasteiger partial charge in [-0.1, -0.05) is 12.1 Å². The van der Waals surface area contributed by atoms with Gasteiger partial charge >= 0.3 is 5.97 Å². The number of carboxylic acids is 1. The minimum Gasteiger partial charge on any atom is -0.481 e. The molecule has 2 rings (SSSR count). The number of rotatable bonds is 4. The zero-order valence-corrected chi connectivity index (χ0v) is 10.9. The lowest BCUT2D eigenvalue weighted by atomic mass is 9.94. The van der Waals surface area contributed by atoms with Crippen LogP contribution >= 0.6 is 0 Å². The first-order valence-corrected chi connectivity index (χ1v) is 6.53. The van der Waals surface area contributed by atoms with E-state index in [0.29, 0.717) is 24.0 Å². The van der Waals surface area contributed by atoms with Crippen molar-refractivity contribution in [1.29, 1.82) is 0 Å². The highest BCUT2D eigenvalue weighted by Gasteiger charge is 2.25. The third-order valence-corrected chi connectivity index (χ3v) is 3.84. The molecule has 0 bridgehead atoms. The Morgan fingerprint density at radius 3 is 2.79 bits per heavy atom. The van der Waals surface area contributed by atoms with Gasteiger partial charge in [-0.25, -0.2) is 4.39 Å². The van der Waals surface area contributed by atoms with Crippen molar-refractivity contribution >= 4 is 11.8 Å². The Kier molecular flexibility index (Phi) is 3.98. The predicted molar refractivity (Wildman–Crippen MR) is 68.5 cm³/mol. The molecule has 0 aromatic heterocycles. The maximum Gasteiger partial charge on any atom is 0.310 e. The Morgan fingerprint density at radius 2 is 2.26 bits per heavy atom. The van der Waals surface area contributed by atoms with Crippen LogP contribution in [0.3, 0.4) is 0 Å². The van der Waals surface area contributed by atoms with E-state index in [1.54, 1.807) is 12.1 Å². The highest BCUT2D eigenvalue weighted by molar-refractivity contribution is 5.83. The molecule has 0 aliphatic heterocycles. The maximum absolute atomic E-state index is 14.0. The largest absolute Gasteiger partial charge is 0.481 e. The van der Waals surface area contributed by atoms with Crippen molar-refractivity contribution < 1.29 is 19.1 Å². The molecular formula is C15H17FO3. The fraction of sp³-hybridized carbons (Fsp3) is 0.467. The Bertz CT molecular complexity index is 510. The van der Waals surface area contributed by atoms with Gasteiger partial charge in [0.25, 0.3) is 0 Å². The molecule has 2 atom stereocenters. The number of benzene rings is 1. The van der Waals surface area contributed by atoms with Gasteiger partial charge in [0.15, 0.2) is 0 Å². The van der Waals surface area contributed by atoms with Crippen LogP contribution in [0, 0.1) is 11.7 Å². The maximum atomic E-state index is 14.0. The summed E-state index contributed by atoms with van der Waals surface area (Å²) in [5.41, 5.74) is 0.952. The molecule has 102 valence electrons. The lowest BCUT2D eigenvalue weighted by Gasteiger charge is -2.12. The average molecular weight is 264 g/mol. The molecule has 1 saturated carbocycles. The van der Waals surface area contributed by atoms with Crippen LogP contribution in [0.2, 0.25) is 0 Å². The molecule has 3 nitrogen and oxygen atoms in total. The first-order chi connectivity index (χ1) is 8.99. The second-order valence-electron chi connectivity index (χ2n) is 5.17. The first kappa shape index (κ1) is 13.7. The molecule has 1 aliphatic rings. The summed E-state index contributed by atoms with van der Waals surface area (Å²) in [6.45, 7) is 1.53. The molecule has 1 aromatic carbocycles. The van der Waals surface area contributed by atoms with Crippen molar-refractivity contribution in [3.8, 4) is 0 Å². The highest BCUT2D eigenvalue weighted by atomic mass is 19.1. The van der Waals surface area contributed by atoms with E-state index in [2.05, 4.69) is 0 Å². The number of aliphatic carboxylic acids is 1. The van der Waals surface area contributed by atoms with Crippen LogP contribution in [-0.4, -0.2) is 16.9 Å². The van der Waals surface area contributed by atoms with Crippen molar-refractivity contribution in [3.05, 3.63) is 35.1 Å². The molecule has 1 fully saturated rings. The van der Waals surface area contributed by atoms with Gasteiger partial charge in [0.1, 0.15) is 11.6 Å². The minimum atomic E-state index is -0.974. The van der Waals surface area contributed by atoms with Gasteiger partial charge in [-0.05, 0) is 43.4 Å². The van der Waals surface area contributed by atoms with Crippen molar-refractivity contribution in [2.24, 2.45) is 5.92 Å². The number of ketones is 1. The number of carbonyl (C=O) groups is 2. The summed E-state index contributed by atoms with van der Waals surface area (Å²) in [5, 5.41) is 8.89. The van der Waals surface area contributed by atoms with Crippen LogP contribution < -0.4 is 0 Å². The molecule has 0 unspecified atom stereocenters. The minimum absolute atomic E-state index is 0.0720. The van der Waals surface area contributed by atoms with E-state index in [0.717, 1.165) is 12.8 Å². The predicted octanol–water partition coefficient (Wildman–Crippen LogP) is 2.93. The number of hydrogen-bond donors (Lipinski definition) is 1. The van der Waals surface area contributed by atoms with Gasteiger partial charge in [0.2, 0.25) is 0 Å². The molecule has 0 amide bonds. The average Bonchev–Trinajstić information content (AvgIpc) is 2.76. The zero-order chi connectivity index (χ0) is 14.0. The van der Waals surface area contributed by atoms with Crippen molar-refractivity contribution in [2.45, 2.75) is 38.5 Å². The van der Waals surface area contributed by atoms with Crippen LogP contribution in [0.4, 0.5) is 4.39 Å². The lowest BCUT2D eigenvalue weighted by molar-refractivity contribution is -0.138. The smallest absolute Gasteiger partial charge is 0.310 e. The normalized spacial score (nSPS) is 20.5. The zero-order valence-electron chi connectivity index (χ0n) is 10.9. The molecule has 1 aromatic rings. The van der Waals surface area contributed by atoms with Gasteiger partial charge in [-0.15, -0.1) is 0 Å². The van der Waals surface area contributed by atoms with Crippen LogP contribution in [-0.2, 0) is 16.0 Å². The van der Waals surface area contributed by atoms with Crippen molar-refractivity contribution in [1.82, 2.24) is 0 Å². The number of Topliss-reactive ketones (excluding diaryl/α,β-unsaturated/α-hetero) is 1. The number of carboxylic acid groups (broad SMARTS) is 1. The molecule has 4 heteroatoms. The summed E-state index contributed by atoms with van der Waals surface area (Å²) in [4.78, 5) is 22.4. The van der Waals surface area contributed by atoms with Gasteiger partial charge in [-0.3, -0.25) is 9.59 Å². The van der Waals surface area contributed by atoms with Crippen LogP contribution in [0.1, 0.15) is 43.2 Å². The van der Waals surface area contributed by atoms with Crippen LogP contribution in [0.25, 0.3) is 0 Å². The Morgan fingerprint density at radius 1 is 1.53 bits per heavy atom. The van der Waals surface area contributed by atoms with Gasteiger partial charge < -0.3 is 5.11 Å². The number of halogens is 1. The standard InChI is InChI=1S/C15H17FO3/c1-9(15(18)19)10-5-6-11(13(16)8-10)7-12-3-2-4-14(12)17/h5-6,8-9,12H,2-4,7H2,1H3,(H,18,19)/t9-,12+/m0/s1. The fourth-order valence-electron chi connectivity index (χ4n) is 2.51. The van der Waals surface area contributed by atoms with E-state index in [1.165, 1.54) is 13.0 Å². The topological polar surface area (TPSA) is 54.4 Å². The molecule has 1 aliphatic carbocycles. The van der Waals surface area contributed by atoms with Crippen LogP contribution in [0.5, 0.6) is 0 Å². The van der Waals surface area contributed by atoms with Gasteiger partial charge in [-0.2, -0.15) is 0 Å². The summed E-state index contributed by atoms with van der Waals surface area (Å²) in [7, 11) is 0. The molecule has 19 heavy (non-hydrogen) atoms. The molecule has 0 saturated heterocycles. The monoisotopic (exact) mass is 264 g/mol. The Balaban J connectivity index is 2.15. The molecule has 0 heterocycles. The summed E-state index contributed by atoms with van der Waals surface area (Å²) >= 11 is 0. The SMILES string of the molecule is C[C@H](C(=O)O)c1ccc(C[C@H]2CCCC2=O)c(F)c1. The third kappa shape index (κ3) is 3.00. The number of carbonyl (C=O) groups excluding carboxylic acids is 1. The molecule has 0 spiro atoms. The van der Waals surface area contributed by atoms with E-state index in [9.17, 15) is 14.0 Å². The number of hydrogen-bond acceptors (Lipinski definition) is 2. The summed E-state index contributed by atoms with van der Waals surface area (Å²) in [5.74, 6) is -1.97.